The van der Waals surface area contributed by atoms with Crippen LogP contribution in [0.1, 0.15) is 29.2 Å². The molecule has 1 heterocycles. The fraction of sp³-hybridized carbons (Fsp3) is 0.182. The number of halogens is 4. The quantitative estimate of drug-likeness (QED) is 0.177. The van der Waals surface area contributed by atoms with Crippen molar-refractivity contribution in [1.29, 1.82) is 0 Å². The molecular weight excluding hydrogens is 630 g/mol. The van der Waals surface area contributed by atoms with Gasteiger partial charge in [0.15, 0.2) is 0 Å². The predicted octanol–water partition coefficient (Wildman–Crippen LogP) is 7.71. The second-order valence-corrected chi connectivity index (χ2v) is 12.9. The molecule has 0 spiro atoms. The van der Waals surface area contributed by atoms with Gasteiger partial charge in [-0.15, -0.1) is 23.2 Å². The fourth-order valence-electron chi connectivity index (χ4n) is 6.73. The summed E-state index contributed by atoms with van der Waals surface area (Å²) in [6, 6.07) is 25.2. The molecule has 1 saturated heterocycles. The highest BCUT2D eigenvalue weighted by Crippen LogP contribution is 2.69. The third kappa shape index (κ3) is 3.97. The standard InChI is InChI=1S/C33H22Cl4N2O4/c1-17(29(40)38-19-11-13-20(14-12-19)43-26-15-10-18(34)16-25(26)35)39-30(41)27-28(31(39)42)33(37)22-7-3-2-6-21(22)32(27,36)23-8-4-5-9-24(23)33/h2-17,27-28H,1H3,(H,38,40)/t17-,27-,28+,32?,33?/m1/s1. The first-order valence-corrected chi connectivity index (χ1v) is 15.1. The molecule has 0 aromatic heterocycles. The Morgan fingerprint density at radius 3 is 1.74 bits per heavy atom. The lowest BCUT2D eigenvalue weighted by molar-refractivity contribution is -0.146. The molecule has 216 valence electrons. The van der Waals surface area contributed by atoms with E-state index in [1.165, 1.54) is 6.92 Å². The van der Waals surface area contributed by atoms with Crippen molar-refractivity contribution < 1.29 is 19.1 Å². The SMILES string of the molecule is C[C@H](C(=O)Nc1ccc(Oc2ccc(Cl)cc2Cl)cc1)N1C(=O)[C@@H]2[C@H](C1=O)C1(Cl)c3ccccc3C2(Cl)c2ccccc21. The molecule has 4 aromatic carbocycles. The van der Waals surface area contributed by atoms with E-state index < -0.39 is 45.3 Å². The van der Waals surface area contributed by atoms with Crippen molar-refractivity contribution >= 4 is 69.8 Å². The van der Waals surface area contributed by atoms with Crippen molar-refractivity contribution in [2.45, 2.75) is 22.7 Å². The number of nitrogens with one attached hydrogen (secondary N) is 1. The number of hydrogen-bond donors (Lipinski definition) is 1. The molecule has 43 heavy (non-hydrogen) atoms. The molecule has 0 unspecified atom stereocenters. The lowest BCUT2D eigenvalue weighted by Crippen LogP contribution is -2.57. The molecule has 0 saturated carbocycles. The van der Waals surface area contributed by atoms with E-state index in [0.717, 1.165) is 4.90 Å². The number of rotatable bonds is 5. The van der Waals surface area contributed by atoms with Gasteiger partial charge >= 0.3 is 0 Å². The Morgan fingerprint density at radius 2 is 1.28 bits per heavy atom. The molecule has 1 aliphatic heterocycles. The highest BCUT2D eigenvalue weighted by molar-refractivity contribution is 6.36. The third-order valence-electron chi connectivity index (χ3n) is 8.63. The summed E-state index contributed by atoms with van der Waals surface area (Å²) in [4.78, 5) is 40.1. The number of carbonyl (C=O) groups excluding carboxylic acids is 3. The van der Waals surface area contributed by atoms with Crippen LogP contribution in [0, 0.1) is 11.8 Å². The minimum absolute atomic E-state index is 0.358. The van der Waals surface area contributed by atoms with E-state index in [1.54, 1.807) is 42.5 Å². The molecule has 0 radical (unpaired) electrons. The molecule has 3 atom stereocenters. The summed E-state index contributed by atoms with van der Waals surface area (Å²) in [6.45, 7) is 1.52. The zero-order chi connectivity index (χ0) is 30.3. The molecule has 1 fully saturated rings. The topological polar surface area (TPSA) is 75.7 Å². The summed E-state index contributed by atoms with van der Waals surface area (Å²) in [5, 5.41) is 3.64. The normalized spacial score (nSPS) is 25.6. The third-order valence-corrected chi connectivity index (χ3v) is 10.4. The van der Waals surface area contributed by atoms with Crippen LogP contribution in [0.25, 0.3) is 0 Å². The Kier molecular flexibility index (Phi) is 6.56. The molecule has 10 heteroatoms. The van der Waals surface area contributed by atoms with Crippen molar-refractivity contribution in [1.82, 2.24) is 4.90 Å². The van der Waals surface area contributed by atoms with E-state index in [4.69, 9.17) is 51.1 Å². The Morgan fingerprint density at radius 1 is 0.791 bits per heavy atom. The van der Waals surface area contributed by atoms with E-state index in [-0.39, 0.29) is 0 Å². The van der Waals surface area contributed by atoms with Crippen molar-refractivity contribution in [2.75, 3.05) is 5.32 Å². The zero-order valence-corrected chi connectivity index (χ0v) is 25.5. The highest BCUT2D eigenvalue weighted by Gasteiger charge is 2.73. The molecule has 4 aromatic rings. The first kappa shape index (κ1) is 28.2. The number of amides is 3. The average molecular weight is 652 g/mol. The van der Waals surface area contributed by atoms with Crippen LogP contribution in [0.4, 0.5) is 5.69 Å². The average Bonchev–Trinajstić information content (AvgIpc) is 3.28. The van der Waals surface area contributed by atoms with Gasteiger partial charge in [0.2, 0.25) is 17.7 Å². The van der Waals surface area contributed by atoms with E-state index in [9.17, 15) is 14.4 Å². The lowest BCUT2D eigenvalue weighted by atomic mass is 9.54. The van der Waals surface area contributed by atoms with Gasteiger partial charge in [-0.2, -0.15) is 0 Å². The van der Waals surface area contributed by atoms with E-state index in [1.807, 2.05) is 48.5 Å². The number of ether oxygens (including phenoxy) is 1. The minimum Gasteiger partial charge on any atom is -0.456 e. The van der Waals surface area contributed by atoms with Crippen molar-refractivity contribution in [2.24, 2.45) is 11.8 Å². The van der Waals surface area contributed by atoms with Crippen molar-refractivity contribution in [3.8, 4) is 11.5 Å². The van der Waals surface area contributed by atoms with Crippen LogP contribution in [0.5, 0.6) is 11.5 Å². The number of hydrogen-bond acceptors (Lipinski definition) is 4. The van der Waals surface area contributed by atoms with Crippen LogP contribution in [0.3, 0.4) is 0 Å². The number of imide groups is 1. The van der Waals surface area contributed by atoms with Gasteiger partial charge in [-0.25, -0.2) is 0 Å². The fourth-order valence-corrected chi connectivity index (χ4v) is 8.27. The Labute approximate surface area is 267 Å². The monoisotopic (exact) mass is 650 g/mol. The molecule has 4 aliphatic rings. The second kappa shape index (κ2) is 10.00. The number of benzene rings is 4. The smallest absolute Gasteiger partial charge is 0.247 e. The van der Waals surface area contributed by atoms with Gasteiger partial charge in [0, 0.05) is 10.7 Å². The summed E-state index contributed by atoms with van der Waals surface area (Å²) in [6.07, 6.45) is 0. The van der Waals surface area contributed by atoms with Crippen LogP contribution in [-0.4, -0.2) is 28.7 Å². The van der Waals surface area contributed by atoms with Gasteiger partial charge in [0.05, 0.1) is 16.9 Å². The van der Waals surface area contributed by atoms with Crippen LogP contribution < -0.4 is 10.1 Å². The molecule has 8 rings (SSSR count). The first-order chi connectivity index (χ1) is 20.6. The van der Waals surface area contributed by atoms with Crippen LogP contribution >= 0.6 is 46.4 Å². The molecule has 2 bridgehead atoms. The van der Waals surface area contributed by atoms with Crippen LogP contribution in [0.2, 0.25) is 10.0 Å². The lowest BCUT2D eigenvalue weighted by Gasteiger charge is -2.54. The van der Waals surface area contributed by atoms with E-state index >= 15 is 0 Å². The minimum atomic E-state index is -1.31. The number of anilines is 1. The molecule has 3 amide bonds. The van der Waals surface area contributed by atoms with Crippen molar-refractivity contribution in [3.63, 3.8) is 0 Å². The van der Waals surface area contributed by atoms with Gasteiger partial charge in [-0.3, -0.25) is 19.3 Å². The Balaban J connectivity index is 1.16. The maximum absolute atomic E-state index is 14.1. The maximum Gasteiger partial charge on any atom is 0.247 e. The summed E-state index contributed by atoms with van der Waals surface area (Å²) >= 11 is 27.1. The first-order valence-electron chi connectivity index (χ1n) is 13.6. The number of carbonyl (C=O) groups is 3. The van der Waals surface area contributed by atoms with Gasteiger partial charge in [0.1, 0.15) is 27.3 Å². The van der Waals surface area contributed by atoms with E-state index in [0.29, 0.717) is 49.5 Å². The predicted molar refractivity (Wildman–Crippen MR) is 166 cm³/mol. The Bertz CT molecular complexity index is 1720. The molecule has 6 nitrogen and oxygen atoms in total. The Hall–Kier alpha value is -3.55. The number of alkyl halides is 2. The number of likely N-dealkylation sites (tertiary alicyclic amines) is 1. The van der Waals surface area contributed by atoms with E-state index in [2.05, 4.69) is 5.32 Å². The summed E-state index contributed by atoms with van der Waals surface area (Å²) in [5.74, 6) is -2.62. The highest BCUT2D eigenvalue weighted by atomic mass is 35.5. The van der Waals surface area contributed by atoms with Gasteiger partial charge < -0.3 is 10.1 Å². The molecule has 3 aliphatic carbocycles. The van der Waals surface area contributed by atoms with Crippen LogP contribution in [-0.2, 0) is 24.1 Å². The van der Waals surface area contributed by atoms with Crippen molar-refractivity contribution in [3.05, 3.63) is 123 Å². The summed E-state index contributed by atoms with van der Waals surface area (Å²) in [7, 11) is 0. The second-order valence-electron chi connectivity index (χ2n) is 10.9. The zero-order valence-electron chi connectivity index (χ0n) is 22.5. The summed E-state index contributed by atoms with van der Waals surface area (Å²) < 4.78 is 5.81. The number of nitrogens with zero attached hydrogens (tertiary/aromatic N) is 1. The molecular formula is C33H22Cl4N2O4. The maximum atomic E-state index is 14.1. The molecule has 1 N–H and O–H groups in total. The van der Waals surface area contributed by atoms with Gasteiger partial charge in [0.25, 0.3) is 0 Å². The summed E-state index contributed by atoms with van der Waals surface area (Å²) in [5.41, 5.74) is 3.26. The van der Waals surface area contributed by atoms with Gasteiger partial charge in [-0.1, -0.05) is 71.7 Å². The van der Waals surface area contributed by atoms with Crippen LogP contribution in [0.15, 0.2) is 91.0 Å². The van der Waals surface area contributed by atoms with Gasteiger partial charge in [-0.05, 0) is 71.6 Å². The largest absolute Gasteiger partial charge is 0.456 e.